The van der Waals surface area contributed by atoms with E-state index >= 15 is 0 Å². The molecule has 0 N–H and O–H groups in total. The second-order valence-electron chi connectivity index (χ2n) is 4.70. The molecule has 0 amide bonds. The van der Waals surface area contributed by atoms with Gasteiger partial charge in [0.05, 0.1) is 0 Å². The first-order valence-electron chi connectivity index (χ1n) is 6.28. The zero-order valence-electron chi connectivity index (χ0n) is 10.4. The molecule has 1 saturated heterocycles. The van der Waals surface area contributed by atoms with Crippen LogP contribution in [0.25, 0.3) is 6.08 Å². The molecular formula is C17H16O. The van der Waals surface area contributed by atoms with Crippen LogP contribution in [0.5, 0.6) is 0 Å². The summed E-state index contributed by atoms with van der Waals surface area (Å²) < 4.78 is 5.68. The van der Waals surface area contributed by atoms with Gasteiger partial charge in [-0.3, -0.25) is 0 Å². The van der Waals surface area contributed by atoms with Gasteiger partial charge in [-0.15, -0.1) is 0 Å². The Morgan fingerprint density at radius 3 is 2.39 bits per heavy atom. The van der Waals surface area contributed by atoms with Crippen LogP contribution >= 0.6 is 0 Å². The summed E-state index contributed by atoms with van der Waals surface area (Å²) in [5, 5.41) is 0. The SMILES string of the molecule is Cc1ccc([C@H]2O[C@@H]2/C=C/c2ccccc2)cc1. The third-order valence-electron chi connectivity index (χ3n) is 3.21. The fourth-order valence-corrected chi connectivity index (χ4v) is 2.06. The minimum absolute atomic E-state index is 0.230. The average Bonchev–Trinajstić information content (AvgIpc) is 3.18. The molecule has 1 fully saturated rings. The maximum atomic E-state index is 5.68. The Kier molecular flexibility index (Phi) is 2.99. The normalized spacial score (nSPS) is 22.3. The highest BCUT2D eigenvalue weighted by molar-refractivity contribution is 5.50. The molecule has 0 unspecified atom stereocenters. The predicted molar refractivity (Wildman–Crippen MR) is 74.3 cm³/mol. The molecule has 1 heteroatoms. The van der Waals surface area contributed by atoms with E-state index in [0.717, 1.165) is 0 Å². The number of aryl methyl sites for hydroxylation is 1. The fourth-order valence-electron chi connectivity index (χ4n) is 2.06. The first kappa shape index (κ1) is 11.2. The van der Waals surface area contributed by atoms with E-state index in [1.165, 1.54) is 16.7 Å². The van der Waals surface area contributed by atoms with Crippen molar-refractivity contribution in [1.29, 1.82) is 0 Å². The maximum Gasteiger partial charge on any atom is 0.113 e. The lowest BCUT2D eigenvalue weighted by Crippen LogP contribution is -1.84. The van der Waals surface area contributed by atoms with Crippen LogP contribution in [0, 0.1) is 6.92 Å². The van der Waals surface area contributed by atoms with Crippen LogP contribution in [-0.4, -0.2) is 6.10 Å². The lowest BCUT2D eigenvalue weighted by Gasteiger charge is -1.95. The van der Waals surface area contributed by atoms with Crippen molar-refractivity contribution in [2.75, 3.05) is 0 Å². The van der Waals surface area contributed by atoms with Crippen LogP contribution < -0.4 is 0 Å². The van der Waals surface area contributed by atoms with Crippen molar-refractivity contribution >= 4 is 6.08 Å². The molecule has 1 aliphatic rings. The summed E-state index contributed by atoms with van der Waals surface area (Å²) in [5.41, 5.74) is 3.77. The van der Waals surface area contributed by atoms with Crippen LogP contribution in [0.2, 0.25) is 0 Å². The zero-order chi connectivity index (χ0) is 12.4. The van der Waals surface area contributed by atoms with Crippen molar-refractivity contribution in [3.05, 3.63) is 77.4 Å². The van der Waals surface area contributed by atoms with E-state index in [1.807, 2.05) is 18.2 Å². The van der Waals surface area contributed by atoms with Gasteiger partial charge in [0, 0.05) is 0 Å². The van der Waals surface area contributed by atoms with Gasteiger partial charge >= 0.3 is 0 Å². The van der Waals surface area contributed by atoms with Gasteiger partial charge in [0.1, 0.15) is 12.2 Å². The van der Waals surface area contributed by atoms with E-state index in [2.05, 4.69) is 55.5 Å². The molecule has 90 valence electrons. The van der Waals surface area contributed by atoms with Crippen molar-refractivity contribution in [1.82, 2.24) is 0 Å². The first-order valence-corrected chi connectivity index (χ1v) is 6.28. The van der Waals surface area contributed by atoms with Gasteiger partial charge in [-0.05, 0) is 18.1 Å². The van der Waals surface area contributed by atoms with Gasteiger partial charge in [0.25, 0.3) is 0 Å². The van der Waals surface area contributed by atoms with Crippen molar-refractivity contribution in [2.45, 2.75) is 19.1 Å². The Morgan fingerprint density at radius 2 is 1.67 bits per heavy atom. The van der Waals surface area contributed by atoms with Crippen molar-refractivity contribution in [3.8, 4) is 0 Å². The highest BCUT2D eigenvalue weighted by Crippen LogP contribution is 2.39. The molecule has 0 aromatic heterocycles. The lowest BCUT2D eigenvalue weighted by atomic mass is 10.1. The molecule has 2 aromatic rings. The van der Waals surface area contributed by atoms with Gasteiger partial charge < -0.3 is 4.74 Å². The number of benzene rings is 2. The number of hydrogen-bond acceptors (Lipinski definition) is 1. The molecule has 0 radical (unpaired) electrons. The molecule has 2 aromatic carbocycles. The van der Waals surface area contributed by atoms with Gasteiger partial charge in [-0.1, -0.05) is 72.3 Å². The van der Waals surface area contributed by atoms with E-state index < -0.39 is 0 Å². The van der Waals surface area contributed by atoms with Crippen LogP contribution in [0.1, 0.15) is 22.8 Å². The van der Waals surface area contributed by atoms with Gasteiger partial charge in [0.2, 0.25) is 0 Å². The average molecular weight is 236 g/mol. The Hall–Kier alpha value is -1.86. The van der Waals surface area contributed by atoms with E-state index in [-0.39, 0.29) is 12.2 Å². The summed E-state index contributed by atoms with van der Waals surface area (Å²) in [5.74, 6) is 0. The third-order valence-corrected chi connectivity index (χ3v) is 3.21. The van der Waals surface area contributed by atoms with Crippen molar-refractivity contribution < 1.29 is 4.74 Å². The van der Waals surface area contributed by atoms with Gasteiger partial charge in [-0.2, -0.15) is 0 Å². The van der Waals surface area contributed by atoms with Crippen LogP contribution in [0.4, 0.5) is 0 Å². The first-order chi connectivity index (χ1) is 8.83. The lowest BCUT2D eigenvalue weighted by molar-refractivity contribution is 0.394. The molecule has 1 heterocycles. The Morgan fingerprint density at radius 1 is 0.944 bits per heavy atom. The minimum atomic E-state index is 0.230. The fraction of sp³-hybridized carbons (Fsp3) is 0.176. The Balaban J connectivity index is 1.65. The smallest absolute Gasteiger partial charge is 0.113 e. The molecule has 0 spiro atoms. The molecule has 0 bridgehead atoms. The number of ether oxygens (including phenoxy) is 1. The highest BCUT2D eigenvalue weighted by Gasteiger charge is 2.37. The van der Waals surface area contributed by atoms with E-state index in [4.69, 9.17) is 4.74 Å². The number of epoxide rings is 1. The summed E-state index contributed by atoms with van der Waals surface area (Å²) in [6.45, 7) is 2.10. The van der Waals surface area contributed by atoms with Crippen LogP contribution in [0.15, 0.2) is 60.7 Å². The molecular weight excluding hydrogens is 220 g/mol. The zero-order valence-corrected chi connectivity index (χ0v) is 10.4. The summed E-state index contributed by atoms with van der Waals surface area (Å²) in [6.07, 6.45) is 4.73. The second kappa shape index (κ2) is 4.79. The topological polar surface area (TPSA) is 12.5 Å². The molecule has 1 aliphatic heterocycles. The standard InChI is InChI=1S/C17H16O/c1-13-7-10-15(11-8-13)17-16(18-17)12-9-14-5-3-2-4-6-14/h2-12,16-17H,1H3/b12-9+/t16-,17-/m1/s1. The minimum Gasteiger partial charge on any atom is -0.360 e. The van der Waals surface area contributed by atoms with Gasteiger partial charge in [0.15, 0.2) is 0 Å². The molecule has 18 heavy (non-hydrogen) atoms. The van der Waals surface area contributed by atoms with Crippen LogP contribution in [-0.2, 0) is 4.74 Å². The molecule has 0 aliphatic carbocycles. The largest absolute Gasteiger partial charge is 0.360 e. The molecule has 1 nitrogen and oxygen atoms in total. The summed E-state index contributed by atoms with van der Waals surface area (Å²) in [4.78, 5) is 0. The molecule has 0 saturated carbocycles. The van der Waals surface area contributed by atoms with Gasteiger partial charge in [-0.25, -0.2) is 0 Å². The van der Waals surface area contributed by atoms with E-state index in [9.17, 15) is 0 Å². The quantitative estimate of drug-likeness (QED) is 0.729. The van der Waals surface area contributed by atoms with E-state index in [0.29, 0.717) is 0 Å². The maximum absolute atomic E-state index is 5.68. The van der Waals surface area contributed by atoms with Crippen molar-refractivity contribution in [3.63, 3.8) is 0 Å². The van der Waals surface area contributed by atoms with E-state index in [1.54, 1.807) is 0 Å². The van der Waals surface area contributed by atoms with Crippen LogP contribution in [0.3, 0.4) is 0 Å². The number of hydrogen-bond donors (Lipinski definition) is 0. The summed E-state index contributed by atoms with van der Waals surface area (Å²) in [6, 6.07) is 18.9. The monoisotopic (exact) mass is 236 g/mol. The summed E-state index contributed by atoms with van der Waals surface area (Å²) >= 11 is 0. The highest BCUT2D eigenvalue weighted by atomic mass is 16.6. The molecule has 3 rings (SSSR count). The molecule has 2 atom stereocenters. The Labute approximate surface area is 108 Å². The predicted octanol–water partition coefficient (Wildman–Crippen LogP) is 4.15. The van der Waals surface area contributed by atoms with Crippen molar-refractivity contribution in [2.24, 2.45) is 0 Å². The Bertz CT molecular complexity index is 540. The third kappa shape index (κ3) is 2.52. The number of rotatable bonds is 3. The summed E-state index contributed by atoms with van der Waals surface area (Å²) in [7, 11) is 0. The second-order valence-corrected chi connectivity index (χ2v) is 4.70.